The molecule has 1 aromatic heterocycles. The number of nitrogens with zero attached hydrogens (tertiary/aromatic N) is 3. The monoisotopic (exact) mass is 732 g/mol. The van der Waals surface area contributed by atoms with Gasteiger partial charge in [-0.3, -0.25) is 9.69 Å². The maximum absolute atomic E-state index is 13.9. The molecule has 0 radical (unpaired) electrons. The first-order valence-corrected chi connectivity index (χ1v) is 18.8. The van der Waals surface area contributed by atoms with Gasteiger partial charge in [-0.1, -0.05) is 35.9 Å². The summed E-state index contributed by atoms with van der Waals surface area (Å²) in [6.45, 7) is 10.2. The number of alkyl carbamates (subject to hydrolysis) is 1. The molecule has 0 atom stereocenters. The van der Waals surface area contributed by atoms with Crippen molar-refractivity contribution < 1.29 is 23.9 Å². The molecule has 274 valence electrons. The molecule has 1 fully saturated rings. The molecule has 53 heavy (non-hydrogen) atoms. The summed E-state index contributed by atoms with van der Waals surface area (Å²) < 4.78 is 12.3. The molecule has 3 aromatic carbocycles. The van der Waals surface area contributed by atoms with E-state index in [4.69, 9.17) is 14.5 Å². The van der Waals surface area contributed by atoms with Gasteiger partial charge in [0.1, 0.15) is 22.0 Å². The minimum atomic E-state index is -0.518. The van der Waals surface area contributed by atoms with Crippen LogP contribution >= 0.6 is 11.3 Å². The number of hydrogen-bond acceptors (Lipinski definition) is 8. The lowest BCUT2D eigenvalue weighted by atomic mass is 10.0. The van der Waals surface area contributed by atoms with Gasteiger partial charge in [0, 0.05) is 42.1 Å². The fourth-order valence-corrected chi connectivity index (χ4v) is 7.81. The predicted octanol–water partition coefficient (Wildman–Crippen LogP) is 7.43. The Morgan fingerprint density at radius 1 is 0.962 bits per heavy atom. The van der Waals surface area contributed by atoms with E-state index in [0.717, 1.165) is 72.0 Å². The summed E-state index contributed by atoms with van der Waals surface area (Å²) in [5.41, 5.74) is 3.51. The van der Waals surface area contributed by atoms with Crippen molar-refractivity contribution in [2.75, 3.05) is 28.6 Å². The number of piperidine rings is 1. The second kappa shape index (κ2) is 15.3. The molecule has 1 saturated heterocycles. The molecule has 4 aromatic rings. The molecular formula is C41H44N6O5S. The molecule has 4 amide bonds. The number of aliphatic imine (C=N–C) groups is 1. The number of carbonyl (C=O) groups excluding carboxylic acids is 3. The Labute approximate surface area is 313 Å². The predicted molar refractivity (Wildman–Crippen MR) is 210 cm³/mol. The Morgan fingerprint density at radius 3 is 2.36 bits per heavy atom. The second-order valence-electron chi connectivity index (χ2n) is 14.5. The van der Waals surface area contributed by atoms with Crippen LogP contribution in [-0.2, 0) is 11.3 Å². The number of benzene rings is 3. The lowest BCUT2D eigenvalue weighted by Crippen LogP contribution is -2.45. The van der Waals surface area contributed by atoms with Crippen LogP contribution in [0.2, 0.25) is 0 Å². The molecule has 0 saturated carbocycles. The fourth-order valence-electron chi connectivity index (χ4n) is 6.64. The second-order valence-corrected chi connectivity index (χ2v) is 15.5. The van der Waals surface area contributed by atoms with Crippen molar-refractivity contribution >= 4 is 64.0 Å². The van der Waals surface area contributed by atoms with Gasteiger partial charge in [-0.2, -0.15) is 0 Å². The molecule has 4 heterocycles. The Morgan fingerprint density at radius 2 is 1.66 bits per heavy atom. The average molecular weight is 733 g/mol. The Bertz CT molecular complexity index is 2150. The highest BCUT2D eigenvalue weighted by Crippen LogP contribution is 2.31. The number of urea groups is 1. The Hall–Kier alpha value is -5.46. The summed E-state index contributed by atoms with van der Waals surface area (Å²) in [6.07, 6.45) is 4.69. The molecule has 7 rings (SSSR count). The zero-order chi connectivity index (χ0) is 37.1. The summed E-state index contributed by atoms with van der Waals surface area (Å²) in [7, 11) is 0. The van der Waals surface area contributed by atoms with Crippen LogP contribution in [0.1, 0.15) is 68.6 Å². The van der Waals surface area contributed by atoms with E-state index in [9.17, 15) is 14.4 Å². The van der Waals surface area contributed by atoms with E-state index >= 15 is 0 Å². The molecule has 0 bridgehead atoms. The highest BCUT2D eigenvalue weighted by Gasteiger charge is 2.32. The van der Waals surface area contributed by atoms with Crippen molar-refractivity contribution in [3.05, 3.63) is 99.1 Å². The zero-order valence-corrected chi connectivity index (χ0v) is 31.2. The standard InChI is InChI=1S/C41H44N6O5S/c1-26-9-8-22-42-37-33-34(45-39(49)47(37)30-16-18-32(19-17-30)51-31-10-6-5-7-11-31)36(53-35(26)33)38(48)43-28-14-12-27(13-15-28)25-46-23-20-29(21-24-46)44-40(50)52-41(2,3)4/h5-7,10-19,22,29H,8-9,20-21,23-25H2,1-4H3,(H,43,48)(H,44,50)(H,45,49)/b35-26-,42-22-. The molecule has 0 unspecified atom stereocenters. The van der Waals surface area contributed by atoms with Gasteiger partial charge in [-0.05, 0) is 107 Å². The van der Waals surface area contributed by atoms with Crippen LogP contribution in [0.3, 0.4) is 0 Å². The largest absolute Gasteiger partial charge is 0.457 e. The van der Waals surface area contributed by atoms with Crippen molar-refractivity contribution in [1.29, 1.82) is 0 Å². The van der Waals surface area contributed by atoms with Crippen molar-refractivity contribution in [3.8, 4) is 11.5 Å². The topological polar surface area (TPSA) is 125 Å². The number of rotatable bonds is 8. The number of thiophene rings is 1. The quantitative estimate of drug-likeness (QED) is 0.173. The van der Waals surface area contributed by atoms with E-state index in [0.29, 0.717) is 33.5 Å². The highest BCUT2D eigenvalue weighted by molar-refractivity contribution is 7.13. The fraction of sp³-hybridized carbons (Fsp3) is 0.317. The summed E-state index contributed by atoms with van der Waals surface area (Å²) in [4.78, 5) is 49.0. The molecule has 3 aliphatic rings. The number of likely N-dealkylation sites (tertiary alicyclic amines) is 1. The van der Waals surface area contributed by atoms with E-state index < -0.39 is 11.6 Å². The molecule has 0 spiro atoms. The average Bonchev–Trinajstić information content (AvgIpc) is 3.50. The first-order chi connectivity index (χ1) is 25.5. The highest BCUT2D eigenvalue weighted by atomic mass is 32.1. The smallest absolute Gasteiger partial charge is 0.407 e. The van der Waals surface area contributed by atoms with Crippen LogP contribution in [0.25, 0.3) is 11.4 Å². The normalized spacial score (nSPS) is 17.9. The first kappa shape index (κ1) is 35.9. The third kappa shape index (κ3) is 8.45. The van der Waals surface area contributed by atoms with E-state index in [1.165, 1.54) is 11.3 Å². The SMILES string of the molecule is C/C1=c2/sc(C(=O)Nc3ccc(CN4CCC(NC(=O)OC(C)(C)C)CC4)cc3)c3c2=C(/N=C\CC1)N(c1ccc(Oc2ccccc2)cc1)C(=O)N3. The van der Waals surface area contributed by atoms with Crippen LogP contribution in [-0.4, -0.2) is 53.9 Å². The van der Waals surface area contributed by atoms with Gasteiger partial charge >= 0.3 is 12.1 Å². The molecule has 12 heteroatoms. The van der Waals surface area contributed by atoms with E-state index in [-0.39, 0.29) is 18.0 Å². The Kier molecular flexibility index (Phi) is 10.3. The van der Waals surface area contributed by atoms with Gasteiger partial charge in [0.25, 0.3) is 5.91 Å². The van der Waals surface area contributed by atoms with Crippen LogP contribution in [0, 0.1) is 0 Å². The number of amides is 4. The van der Waals surface area contributed by atoms with Gasteiger partial charge in [-0.25, -0.2) is 19.5 Å². The first-order valence-electron chi connectivity index (χ1n) is 18.0. The number of ether oxygens (including phenoxy) is 2. The maximum atomic E-state index is 13.9. The third-order valence-corrected chi connectivity index (χ3v) is 10.6. The zero-order valence-electron chi connectivity index (χ0n) is 30.4. The van der Waals surface area contributed by atoms with E-state index in [2.05, 4.69) is 27.8 Å². The van der Waals surface area contributed by atoms with Gasteiger partial charge in [-0.15, -0.1) is 11.3 Å². The van der Waals surface area contributed by atoms with Crippen LogP contribution in [0.4, 0.5) is 26.7 Å². The number of carbonyl (C=O) groups is 3. The lowest BCUT2D eigenvalue weighted by molar-refractivity contribution is 0.0477. The van der Waals surface area contributed by atoms with Gasteiger partial charge in [0.2, 0.25) is 0 Å². The molecule has 11 nitrogen and oxygen atoms in total. The third-order valence-electron chi connectivity index (χ3n) is 9.23. The minimum absolute atomic E-state index is 0.0992. The maximum Gasteiger partial charge on any atom is 0.407 e. The van der Waals surface area contributed by atoms with E-state index in [1.807, 2.05) is 106 Å². The van der Waals surface area contributed by atoms with Gasteiger partial charge in [0.05, 0.1) is 16.6 Å². The minimum Gasteiger partial charge on any atom is -0.457 e. The van der Waals surface area contributed by atoms with E-state index in [1.54, 1.807) is 4.90 Å². The molecule has 3 N–H and O–H groups in total. The van der Waals surface area contributed by atoms with Crippen LogP contribution in [0.15, 0.2) is 83.9 Å². The molecule has 3 aliphatic heterocycles. The summed E-state index contributed by atoms with van der Waals surface area (Å²) in [6, 6.07) is 24.4. The van der Waals surface area contributed by atoms with Crippen LogP contribution < -0.4 is 35.3 Å². The summed E-state index contributed by atoms with van der Waals surface area (Å²) in [5.74, 6) is 1.55. The van der Waals surface area contributed by atoms with Gasteiger partial charge in [0.15, 0.2) is 5.82 Å². The van der Waals surface area contributed by atoms with Crippen molar-refractivity contribution in [3.63, 3.8) is 0 Å². The Balaban J connectivity index is 1.06. The number of para-hydroxylation sites is 1. The number of hydrogen-bond donors (Lipinski definition) is 3. The summed E-state index contributed by atoms with van der Waals surface area (Å²) >= 11 is 1.38. The number of nitrogens with one attached hydrogen (secondary N) is 3. The van der Waals surface area contributed by atoms with Crippen LogP contribution in [0.5, 0.6) is 11.5 Å². The molecule has 0 aliphatic carbocycles. The lowest BCUT2D eigenvalue weighted by Gasteiger charge is -2.32. The molecular weight excluding hydrogens is 689 g/mol. The van der Waals surface area contributed by atoms with Crippen molar-refractivity contribution in [2.45, 2.75) is 71.6 Å². The van der Waals surface area contributed by atoms with Crippen molar-refractivity contribution in [1.82, 2.24) is 10.2 Å². The van der Waals surface area contributed by atoms with Gasteiger partial charge < -0.3 is 25.4 Å². The van der Waals surface area contributed by atoms with Crippen molar-refractivity contribution in [2.24, 2.45) is 4.99 Å². The number of anilines is 3. The summed E-state index contributed by atoms with van der Waals surface area (Å²) in [5, 5.41) is 9.82.